The number of imide groups is 1. The standard InChI is InChI=1S/C14H11N3O4/c1-21-13(19)10(7-15)11-12(18)17(14(20)16-11)8-9-5-3-2-4-6-9/h2-6H,8H2,1H3,(H,16,20)/b11-10-. The molecule has 0 radical (unpaired) electrons. The molecule has 0 saturated carbocycles. The molecule has 7 nitrogen and oxygen atoms in total. The number of hydrogen-bond donors (Lipinski definition) is 1. The molecule has 1 aromatic carbocycles. The minimum atomic E-state index is -0.970. The topological polar surface area (TPSA) is 99.5 Å². The SMILES string of the molecule is COC(=O)/C(C#N)=C1\NC(=O)N(Cc2ccccc2)C1=O. The summed E-state index contributed by atoms with van der Waals surface area (Å²) in [6, 6.07) is 9.77. The Kier molecular flexibility index (Phi) is 4.00. The van der Waals surface area contributed by atoms with Gasteiger partial charge in [-0.05, 0) is 5.56 Å². The van der Waals surface area contributed by atoms with Gasteiger partial charge >= 0.3 is 12.0 Å². The zero-order valence-electron chi connectivity index (χ0n) is 11.1. The van der Waals surface area contributed by atoms with Crippen LogP contribution in [0.4, 0.5) is 4.79 Å². The molecule has 21 heavy (non-hydrogen) atoms. The molecule has 0 bridgehead atoms. The van der Waals surface area contributed by atoms with Gasteiger partial charge in [0.2, 0.25) is 0 Å². The van der Waals surface area contributed by atoms with E-state index < -0.39 is 23.5 Å². The van der Waals surface area contributed by atoms with E-state index in [0.29, 0.717) is 0 Å². The molecule has 1 fully saturated rings. The van der Waals surface area contributed by atoms with Crippen molar-refractivity contribution in [1.29, 1.82) is 5.26 Å². The molecule has 0 unspecified atom stereocenters. The van der Waals surface area contributed by atoms with E-state index in [2.05, 4.69) is 10.1 Å². The van der Waals surface area contributed by atoms with Crippen LogP contribution in [-0.4, -0.2) is 29.9 Å². The predicted octanol–water partition coefficient (Wildman–Crippen LogP) is 0.689. The highest BCUT2D eigenvalue weighted by Crippen LogP contribution is 2.17. The molecule has 0 atom stereocenters. The number of carbonyl (C=O) groups excluding carboxylic acids is 3. The number of nitrogens with one attached hydrogen (secondary N) is 1. The number of nitriles is 1. The first kappa shape index (κ1) is 14.3. The lowest BCUT2D eigenvalue weighted by Gasteiger charge is -2.11. The van der Waals surface area contributed by atoms with Gasteiger partial charge in [-0.3, -0.25) is 9.69 Å². The maximum atomic E-state index is 12.2. The average Bonchev–Trinajstić information content (AvgIpc) is 2.77. The second-order valence-electron chi connectivity index (χ2n) is 4.16. The Balaban J connectivity index is 2.31. The molecule has 1 saturated heterocycles. The van der Waals surface area contributed by atoms with E-state index in [1.807, 2.05) is 6.07 Å². The zero-order valence-corrected chi connectivity index (χ0v) is 11.1. The van der Waals surface area contributed by atoms with Gasteiger partial charge in [0.15, 0.2) is 5.57 Å². The lowest BCUT2D eigenvalue weighted by atomic mass is 10.2. The number of methoxy groups -OCH3 is 1. The fourth-order valence-corrected chi connectivity index (χ4v) is 1.84. The highest BCUT2D eigenvalue weighted by molar-refractivity contribution is 6.16. The van der Waals surface area contributed by atoms with Crippen molar-refractivity contribution in [3.05, 3.63) is 47.2 Å². The normalized spacial score (nSPS) is 16.3. The molecule has 0 aliphatic carbocycles. The minimum Gasteiger partial charge on any atom is -0.465 e. The highest BCUT2D eigenvalue weighted by Gasteiger charge is 2.37. The minimum absolute atomic E-state index is 0.0505. The summed E-state index contributed by atoms with van der Waals surface area (Å²) in [7, 11) is 1.09. The van der Waals surface area contributed by atoms with Gasteiger partial charge in [0.25, 0.3) is 5.91 Å². The van der Waals surface area contributed by atoms with Crippen molar-refractivity contribution in [2.75, 3.05) is 7.11 Å². The van der Waals surface area contributed by atoms with Crippen molar-refractivity contribution in [2.45, 2.75) is 6.54 Å². The quantitative estimate of drug-likeness (QED) is 0.381. The summed E-state index contributed by atoms with van der Waals surface area (Å²) < 4.78 is 4.41. The van der Waals surface area contributed by atoms with Gasteiger partial charge < -0.3 is 10.1 Å². The third-order valence-electron chi connectivity index (χ3n) is 2.87. The van der Waals surface area contributed by atoms with Crippen molar-refractivity contribution in [2.24, 2.45) is 0 Å². The van der Waals surface area contributed by atoms with E-state index in [-0.39, 0.29) is 12.2 Å². The maximum Gasteiger partial charge on any atom is 0.350 e. The zero-order chi connectivity index (χ0) is 15.4. The molecule has 1 aliphatic rings. The number of nitrogens with zero attached hydrogens (tertiary/aromatic N) is 2. The van der Waals surface area contributed by atoms with Crippen molar-refractivity contribution in [3.63, 3.8) is 0 Å². The summed E-state index contributed by atoms with van der Waals surface area (Å²) >= 11 is 0. The molecule has 1 aliphatic heterocycles. The summed E-state index contributed by atoms with van der Waals surface area (Å²) in [6.45, 7) is 0.0505. The van der Waals surface area contributed by atoms with Crippen LogP contribution in [0.5, 0.6) is 0 Å². The van der Waals surface area contributed by atoms with Crippen LogP contribution in [0.3, 0.4) is 0 Å². The smallest absolute Gasteiger partial charge is 0.350 e. The van der Waals surface area contributed by atoms with E-state index in [9.17, 15) is 14.4 Å². The van der Waals surface area contributed by atoms with Crippen LogP contribution in [0.2, 0.25) is 0 Å². The van der Waals surface area contributed by atoms with Gasteiger partial charge in [-0.1, -0.05) is 30.3 Å². The van der Waals surface area contributed by atoms with Crippen LogP contribution in [-0.2, 0) is 20.9 Å². The number of rotatable bonds is 3. The van der Waals surface area contributed by atoms with Gasteiger partial charge in [-0.25, -0.2) is 9.59 Å². The van der Waals surface area contributed by atoms with E-state index in [0.717, 1.165) is 17.6 Å². The molecule has 3 amide bonds. The molecule has 2 rings (SSSR count). The van der Waals surface area contributed by atoms with Crippen LogP contribution in [0.1, 0.15) is 5.56 Å². The molecular formula is C14H11N3O4. The van der Waals surface area contributed by atoms with Gasteiger partial charge in [0.05, 0.1) is 13.7 Å². The monoisotopic (exact) mass is 285 g/mol. The van der Waals surface area contributed by atoms with E-state index >= 15 is 0 Å². The Morgan fingerprint density at radius 3 is 2.57 bits per heavy atom. The first-order chi connectivity index (χ1) is 10.1. The van der Waals surface area contributed by atoms with Crippen LogP contribution in [0.25, 0.3) is 0 Å². The first-order valence-electron chi connectivity index (χ1n) is 5.98. The Hall–Kier alpha value is -3.14. The molecule has 1 N–H and O–H groups in total. The summed E-state index contributed by atoms with van der Waals surface area (Å²) in [5, 5.41) is 11.2. The Bertz CT molecular complexity index is 673. The predicted molar refractivity (Wildman–Crippen MR) is 70.2 cm³/mol. The van der Waals surface area contributed by atoms with Gasteiger partial charge in [-0.2, -0.15) is 5.26 Å². The summed E-state index contributed by atoms with van der Waals surface area (Å²) in [5.74, 6) is -1.70. The van der Waals surface area contributed by atoms with Crippen molar-refractivity contribution in [1.82, 2.24) is 10.2 Å². The van der Waals surface area contributed by atoms with E-state index in [1.54, 1.807) is 30.3 Å². The molecule has 0 spiro atoms. The Morgan fingerprint density at radius 1 is 1.33 bits per heavy atom. The van der Waals surface area contributed by atoms with Crippen molar-refractivity contribution < 1.29 is 19.1 Å². The number of hydrogen-bond acceptors (Lipinski definition) is 5. The van der Waals surface area contributed by atoms with E-state index in [1.165, 1.54) is 0 Å². The molecular weight excluding hydrogens is 274 g/mol. The molecule has 106 valence electrons. The van der Waals surface area contributed by atoms with Crippen LogP contribution in [0, 0.1) is 11.3 Å². The van der Waals surface area contributed by atoms with Gasteiger partial charge in [0.1, 0.15) is 11.8 Å². The Labute approximate surface area is 120 Å². The number of amides is 3. The first-order valence-corrected chi connectivity index (χ1v) is 5.98. The maximum absolute atomic E-state index is 12.2. The third-order valence-corrected chi connectivity index (χ3v) is 2.87. The van der Waals surface area contributed by atoms with Crippen LogP contribution in [0.15, 0.2) is 41.6 Å². The molecule has 1 aromatic rings. The van der Waals surface area contributed by atoms with E-state index in [4.69, 9.17) is 5.26 Å². The number of carbonyl (C=O) groups is 3. The van der Waals surface area contributed by atoms with Crippen LogP contribution >= 0.6 is 0 Å². The largest absolute Gasteiger partial charge is 0.465 e. The second kappa shape index (κ2) is 5.88. The lowest BCUT2D eigenvalue weighted by Crippen LogP contribution is -2.30. The Morgan fingerprint density at radius 2 is 2.00 bits per heavy atom. The summed E-state index contributed by atoms with van der Waals surface area (Å²) in [5.41, 5.74) is -0.129. The lowest BCUT2D eigenvalue weighted by molar-refractivity contribution is -0.136. The molecule has 0 aromatic heterocycles. The molecule has 1 heterocycles. The van der Waals surface area contributed by atoms with Crippen LogP contribution < -0.4 is 5.32 Å². The van der Waals surface area contributed by atoms with Gasteiger partial charge in [0, 0.05) is 0 Å². The fraction of sp³-hybridized carbons (Fsp3) is 0.143. The number of urea groups is 1. The third kappa shape index (κ3) is 2.74. The van der Waals surface area contributed by atoms with Crippen molar-refractivity contribution in [3.8, 4) is 6.07 Å². The fourth-order valence-electron chi connectivity index (χ4n) is 1.84. The van der Waals surface area contributed by atoms with Gasteiger partial charge in [-0.15, -0.1) is 0 Å². The highest BCUT2D eigenvalue weighted by atomic mass is 16.5. The second-order valence-corrected chi connectivity index (χ2v) is 4.16. The molecule has 7 heteroatoms. The average molecular weight is 285 g/mol. The number of benzene rings is 1. The van der Waals surface area contributed by atoms with Crippen molar-refractivity contribution >= 4 is 17.9 Å². The number of esters is 1. The summed E-state index contributed by atoms with van der Waals surface area (Å²) in [6.07, 6.45) is 0. The summed E-state index contributed by atoms with van der Waals surface area (Å²) in [4.78, 5) is 36.3. The number of ether oxygens (including phenoxy) is 1.